The first-order chi connectivity index (χ1) is 14.6. The van der Waals surface area contributed by atoms with Crippen LogP contribution in [0.25, 0.3) is 11.0 Å². The maximum atomic E-state index is 10.2. The molecular weight excluding hydrogens is 420 g/mol. The van der Waals surface area contributed by atoms with Gasteiger partial charge in [0.25, 0.3) is 0 Å². The van der Waals surface area contributed by atoms with E-state index in [2.05, 4.69) is 34.4 Å². The third-order valence-electron chi connectivity index (χ3n) is 4.79. The molecule has 2 heterocycles. The summed E-state index contributed by atoms with van der Waals surface area (Å²) in [5, 5.41) is 40.9. The molecule has 3 aromatic rings. The van der Waals surface area contributed by atoms with E-state index in [1.165, 1.54) is 6.07 Å². The molecule has 2 aromatic heterocycles. The smallest absolute Gasteiger partial charge is 0.225 e. The second kappa shape index (κ2) is 9.15. The van der Waals surface area contributed by atoms with Crippen LogP contribution in [0.5, 0.6) is 11.5 Å². The zero-order valence-corrected chi connectivity index (χ0v) is 19.1. The number of benzene rings is 1. The molecule has 0 aliphatic carbocycles. The molecule has 9 nitrogen and oxygen atoms in total. The van der Waals surface area contributed by atoms with E-state index in [0.717, 1.165) is 16.7 Å². The lowest BCUT2D eigenvalue weighted by atomic mass is 10.1. The fraction of sp³-hybridized carbons (Fsp3) is 0.476. The molecule has 10 heteroatoms. The van der Waals surface area contributed by atoms with Crippen molar-refractivity contribution in [2.24, 2.45) is 0 Å². The van der Waals surface area contributed by atoms with Crippen LogP contribution in [0.1, 0.15) is 57.8 Å². The quantitative estimate of drug-likeness (QED) is 0.327. The lowest BCUT2D eigenvalue weighted by Crippen LogP contribution is -2.18. The van der Waals surface area contributed by atoms with Crippen LogP contribution >= 0.6 is 11.6 Å². The van der Waals surface area contributed by atoms with E-state index in [4.69, 9.17) is 16.7 Å². The molecule has 1 unspecified atom stereocenters. The van der Waals surface area contributed by atoms with Gasteiger partial charge in [-0.15, -0.1) is 0 Å². The predicted molar refractivity (Wildman–Crippen MR) is 122 cm³/mol. The normalized spacial score (nSPS) is 12.7. The standard InChI is InChI=1S/C21H29ClN6O3/c1-10(2)15-16-17(28(27-15)11(3)4)20(26-21(25-16)24-8-12(5)29)23-9-13-6-7-14(22)19(31)18(13)30/h6-7,10-12,29-31H,8-9H2,1-5H3,(H2,23,24,25,26). The third-order valence-corrected chi connectivity index (χ3v) is 5.10. The van der Waals surface area contributed by atoms with Crippen LogP contribution < -0.4 is 10.6 Å². The highest BCUT2D eigenvalue weighted by atomic mass is 35.5. The van der Waals surface area contributed by atoms with E-state index in [-0.39, 0.29) is 35.0 Å². The van der Waals surface area contributed by atoms with E-state index in [1.54, 1.807) is 13.0 Å². The molecule has 0 spiro atoms. The number of hydrogen-bond donors (Lipinski definition) is 5. The van der Waals surface area contributed by atoms with Crippen molar-refractivity contribution in [3.05, 3.63) is 28.4 Å². The number of phenols is 2. The molecule has 31 heavy (non-hydrogen) atoms. The highest BCUT2D eigenvalue weighted by molar-refractivity contribution is 6.32. The molecule has 0 saturated carbocycles. The maximum Gasteiger partial charge on any atom is 0.225 e. The first-order valence-corrected chi connectivity index (χ1v) is 10.6. The molecule has 0 radical (unpaired) electrons. The summed E-state index contributed by atoms with van der Waals surface area (Å²) in [6.45, 7) is 10.3. The zero-order valence-electron chi connectivity index (χ0n) is 18.3. The first-order valence-electron chi connectivity index (χ1n) is 10.2. The van der Waals surface area contributed by atoms with Crippen LogP contribution in [0.4, 0.5) is 11.8 Å². The van der Waals surface area contributed by atoms with E-state index in [9.17, 15) is 15.3 Å². The molecule has 0 fully saturated rings. The Balaban J connectivity index is 2.09. The number of phenolic OH excluding ortho intramolecular Hbond substituents is 2. The lowest BCUT2D eigenvalue weighted by molar-refractivity contribution is 0.208. The number of rotatable bonds is 8. The Kier molecular flexibility index (Phi) is 6.76. The van der Waals surface area contributed by atoms with E-state index in [1.807, 2.05) is 18.5 Å². The van der Waals surface area contributed by atoms with Gasteiger partial charge in [0.15, 0.2) is 17.3 Å². The molecule has 0 bridgehead atoms. The Labute approximate surface area is 186 Å². The van der Waals surface area contributed by atoms with Crippen molar-refractivity contribution in [2.45, 2.75) is 59.2 Å². The second-order valence-electron chi connectivity index (χ2n) is 8.16. The number of nitrogens with zero attached hydrogens (tertiary/aromatic N) is 4. The average Bonchev–Trinajstić information content (AvgIpc) is 3.10. The highest BCUT2D eigenvalue weighted by Crippen LogP contribution is 2.37. The Bertz CT molecular complexity index is 1080. The van der Waals surface area contributed by atoms with Gasteiger partial charge in [0.2, 0.25) is 5.95 Å². The van der Waals surface area contributed by atoms with Crippen LogP contribution in [0.15, 0.2) is 12.1 Å². The van der Waals surface area contributed by atoms with Crippen LogP contribution in [-0.2, 0) is 6.54 Å². The Morgan fingerprint density at radius 1 is 1.03 bits per heavy atom. The van der Waals surface area contributed by atoms with Crippen molar-refractivity contribution in [1.29, 1.82) is 0 Å². The minimum Gasteiger partial charge on any atom is -0.504 e. The number of aliphatic hydroxyl groups is 1. The minimum atomic E-state index is -0.562. The number of aliphatic hydroxyl groups excluding tert-OH is 1. The molecule has 3 rings (SSSR count). The van der Waals surface area contributed by atoms with Crippen molar-refractivity contribution in [3.8, 4) is 11.5 Å². The topological polar surface area (TPSA) is 128 Å². The van der Waals surface area contributed by atoms with Gasteiger partial charge in [-0.05, 0) is 32.8 Å². The number of anilines is 2. The SMILES string of the molecule is CC(O)CNc1nc(NCc2ccc(Cl)c(O)c2O)c2c(n1)c(C(C)C)nn2C(C)C. The summed E-state index contributed by atoms with van der Waals surface area (Å²) >= 11 is 5.86. The number of aromatic hydroxyl groups is 2. The second-order valence-corrected chi connectivity index (χ2v) is 8.57. The fourth-order valence-corrected chi connectivity index (χ4v) is 3.34. The average molecular weight is 449 g/mol. The number of hydrogen-bond acceptors (Lipinski definition) is 8. The van der Waals surface area contributed by atoms with Gasteiger partial charge in [-0.2, -0.15) is 10.1 Å². The van der Waals surface area contributed by atoms with Gasteiger partial charge in [0, 0.05) is 24.7 Å². The maximum absolute atomic E-state index is 10.2. The summed E-state index contributed by atoms with van der Waals surface area (Å²) in [4.78, 5) is 9.26. The van der Waals surface area contributed by atoms with Crippen molar-refractivity contribution in [3.63, 3.8) is 0 Å². The van der Waals surface area contributed by atoms with Gasteiger partial charge in [-0.1, -0.05) is 31.5 Å². The van der Waals surface area contributed by atoms with Crippen molar-refractivity contribution < 1.29 is 15.3 Å². The van der Waals surface area contributed by atoms with E-state index in [0.29, 0.717) is 23.9 Å². The molecule has 0 saturated heterocycles. The summed E-state index contributed by atoms with van der Waals surface area (Å²) in [6.07, 6.45) is -0.562. The van der Waals surface area contributed by atoms with Crippen molar-refractivity contribution >= 4 is 34.4 Å². The summed E-state index contributed by atoms with van der Waals surface area (Å²) < 4.78 is 1.88. The van der Waals surface area contributed by atoms with Crippen molar-refractivity contribution in [1.82, 2.24) is 19.7 Å². The van der Waals surface area contributed by atoms with Crippen molar-refractivity contribution in [2.75, 3.05) is 17.2 Å². The van der Waals surface area contributed by atoms with Gasteiger partial charge in [-0.3, -0.25) is 4.68 Å². The van der Waals surface area contributed by atoms with Gasteiger partial charge in [0.1, 0.15) is 11.0 Å². The van der Waals surface area contributed by atoms with Gasteiger partial charge in [-0.25, -0.2) is 4.98 Å². The molecule has 1 atom stereocenters. The zero-order chi connectivity index (χ0) is 22.9. The molecule has 0 aliphatic heterocycles. The molecule has 168 valence electrons. The Morgan fingerprint density at radius 3 is 2.35 bits per heavy atom. The van der Waals surface area contributed by atoms with Gasteiger partial charge in [0.05, 0.1) is 16.8 Å². The monoisotopic (exact) mass is 448 g/mol. The van der Waals surface area contributed by atoms with Gasteiger partial charge >= 0.3 is 0 Å². The van der Waals surface area contributed by atoms with Crippen LogP contribution in [0, 0.1) is 0 Å². The van der Waals surface area contributed by atoms with E-state index >= 15 is 0 Å². The Morgan fingerprint density at radius 2 is 1.74 bits per heavy atom. The third kappa shape index (κ3) is 4.77. The summed E-state index contributed by atoms with van der Waals surface area (Å²) in [5.41, 5.74) is 2.78. The van der Waals surface area contributed by atoms with E-state index < -0.39 is 6.10 Å². The lowest BCUT2D eigenvalue weighted by Gasteiger charge is -2.15. The fourth-order valence-electron chi connectivity index (χ4n) is 3.19. The summed E-state index contributed by atoms with van der Waals surface area (Å²) in [7, 11) is 0. The predicted octanol–water partition coefficient (Wildman–Crippen LogP) is 4.00. The summed E-state index contributed by atoms with van der Waals surface area (Å²) in [5.74, 6) is 0.400. The minimum absolute atomic E-state index is 0.0726. The highest BCUT2D eigenvalue weighted by Gasteiger charge is 2.22. The molecular formula is C21H29ClN6O3. The number of aromatic nitrogens is 4. The summed E-state index contributed by atoms with van der Waals surface area (Å²) in [6, 6.07) is 3.23. The molecule has 0 aliphatic rings. The van der Waals surface area contributed by atoms with Crippen LogP contribution in [0.3, 0.4) is 0 Å². The molecule has 1 aromatic carbocycles. The molecule has 0 amide bonds. The molecule has 5 N–H and O–H groups in total. The number of halogens is 1. The van der Waals surface area contributed by atoms with Gasteiger partial charge < -0.3 is 26.0 Å². The number of nitrogens with one attached hydrogen (secondary N) is 2. The van der Waals surface area contributed by atoms with Crippen LogP contribution in [-0.4, -0.2) is 47.7 Å². The Hall–Kier alpha value is -2.78. The van der Waals surface area contributed by atoms with Crippen LogP contribution in [0.2, 0.25) is 5.02 Å². The first kappa shape index (κ1) is 22.9. The number of fused-ring (bicyclic) bond motifs is 1. The largest absolute Gasteiger partial charge is 0.504 e.